The van der Waals surface area contributed by atoms with E-state index in [0.717, 1.165) is 18.2 Å². The second-order valence-electron chi connectivity index (χ2n) is 6.23. The normalized spacial score (nSPS) is 22.2. The number of urea groups is 1. The predicted octanol–water partition coefficient (Wildman–Crippen LogP) is 2.12. The minimum absolute atomic E-state index is 0.0932. The number of halogens is 3. The molecule has 0 radical (unpaired) electrons. The van der Waals surface area contributed by atoms with Crippen LogP contribution < -0.4 is 10.1 Å². The minimum Gasteiger partial charge on any atom is -0.486 e. The molecule has 1 fully saturated rings. The molecule has 1 aromatic rings. The van der Waals surface area contributed by atoms with Crippen molar-refractivity contribution in [3.05, 3.63) is 42.0 Å². The Bertz CT molecular complexity index is 751. The van der Waals surface area contributed by atoms with E-state index in [1.807, 2.05) is 0 Å². The Labute approximate surface area is 148 Å². The number of amides is 3. The molecule has 0 saturated carbocycles. The molecule has 1 N–H and O–H groups in total. The van der Waals surface area contributed by atoms with Crippen LogP contribution in [0, 0.1) is 0 Å². The summed E-state index contributed by atoms with van der Waals surface area (Å²) in [5.41, 5.74) is -1.03. The van der Waals surface area contributed by atoms with Gasteiger partial charge in [-0.1, -0.05) is 6.08 Å². The predicted molar refractivity (Wildman–Crippen MR) is 86.9 cm³/mol. The first-order valence-electron chi connectivity index (χ1n) is 8.01. The summed E-state index contributed by atoms with van der Waals surface area (Å²) in [5.74, 6) is -0.470. The molecule has 2 unspecified atom stereocenters. The highest BCUT2D eigenvalue weighted by Gasteiger charge is 2.44. The molecule has 0 bridgehead atoms. The Morgan fingerprint density at radius 1 is 1.42 bits per heavy atom. The monoisotopic (exact) mass is 369 g/mol. The highest BCUT2D eigenvalue weighted by atomic mass is 19.4. The Morgan fingerprint density at radius 2 is 2.15 bits per heavy atom. The van der Waals surface area contributed by atoms with Gasteiger partial charge in [0.15, 0.2) is 0 Å². The zero-order valence-electron chi connectivity index (χ0n) is 14.0. The lowest BCUT2D eigenvalue weighted by atomic mass is 10.1. The molecule has 3 rings (SSSR count). The van der Waals surface area contributed by atoms with Crippen LogP contribution in [-0.4, -0.2) is 60.6 Å². The largest absolute Gasteiger partial charge is 0.486 e. The average Bonchev–Trinajstić information content (AvgIpc) is 2.98. The van der Waals surface area contributed by atoms with Crippen LogP contribution in [0.1, 0.15) is 15.9 Å². The molecule has 2 atom stereocenters. The van der Waals surface area contributed by atoms with Gasteiger partial charge in [-0.05, 0) is 18.2 Å². The molecular formula is C17H18F3N3O3. The fraction of sp³-hybridized carbons (Fsp3) is 0.412. The van der Waals surface area contributed by atoms with E-state index in [4.69, 9.17) is 4.74 Å². The first-order valence-corrected chi connectivity index (χ1v) is 8.01. The Hall–Kier alpha value is -2.71. The van der Waals surface area contributed by atoms with E-state index in [9.17, 15) is 22.8 Å². The standard InChI is InChI=1S/C17H18F3N3O3/c1-3-6-21-16(25)23-8-12-14(9-23)26-13-5-4-10(17(18,19)20)7-11(13)15(24)22(12)2/h3-5,7,12,14H,1,6,8-9H2,2H3,(H,21,25). The summed E-state index contributed by atoms with van der Waals surface area (Å²) in [6.45, 7) is 4.29. The quantitative estimate of drug-likeness (QED) is 0.813. The molecule has 3 amide bonds. The fourth-order valence-corrected chi connectivity index (χ4v) is 3.16. The molecule has 0 aliphatic carbocycles. The van der Waals surface area contributed by atoms with Crippen molar-refractivity contribution in [2.75, 3.05) is 26.7 Å². The van der Waals surface area contributed by atoms with Crippen molar-refractivity contribution < 1.29 is 27.5 Å². The first-order chi connectivity index (χ1) is 12.2. The molecule has 9 heteroatoms. The number of likely N-dealkylation sites (tertiary alicyclic amines) is 1. The van der Waals surface area contributed by atoms with Crippen LogP contribution in [0.15, 0.2) is 30.9 Å². The van der Waals surface area contributed by atoms with Crippen molar-refractivity contribution >= 4 is 11.9 Å². The first kappa shape index (κ1) is 18.1. The topological polar surface area (TPSA) is 61.9 Å². The summed E-state index contributed by atoms with van der Waals surface area (Å²) in [6, 6.07) is 2.10. The van der Waals surface area contributed by atoms with E-state index in [1.165, 1.54) is 16.8 Å². The van der Waals surface area contributed by atoms with Crippen LogP contribution in [0.5, 0.6) is 5.75 Å². The van der Waals surface area contributed by atoms with E-state index in [2.05, 4.69) is 11.9 Å². The van der Waals surface area contributed by atoms with Gasteiger partial charge in [-0.15, -0.1) is 6.58 Å². The van der Waals surface area contributed by atoms with Crippen molar-refractivity contribution in [2.24, 2.45) is 0 Å². The molecule has 6 nitrogen and oxygen atoms in total. The molecule has 2 aliphatic rings. The number of carbonyl (C=O) groups excluding carboxylic acids is 2. The van der Waals surface area contributed by atoms with Gasteiger partial charge in [0.25, 0.3) is 5.91 Å². The van der Waals surface area contributed by atoms with E-state index < -0.39 is 29.8 Å². The molecular weight excluding hydrogens is 351 g/mol. The molecule has 2 heterocycles. The van der Waals surface area contributed by atoms with Crippen LogP contribution >= 0.6 is 0 Å². The van der Waals surface area contributed by atoms with Gasteiger partial charge >= 0.3 is 12.2 Å². The number of nitrogens with zero attached hydrogens (tertiary/aromatic N) is 2. The summed E-state index contributed by atoms with van der Waals surface area (Å²) in [4.78, 5) is 27.6. The number of rotatable bonds is 2. The third-order valence-electron chi connectivity index (χ3n) is 4.56. The zero-order valence-corrected chi connectivity index (χ0v) is 14.0. The van der Waals surface area contributed by atoms with E-state index in [-0.39, 0.29) is 30.4 Å². The molecule has 1 saturated heterocycles. The highest BCUT2D eigenvalue weighted by Crippen LogP contribution is 2.36. The molecule has 26 heavy (non-hydrogen) atoms. The SMILES string of the molecule is C=CCNC(=O)N1CC2Oc3ccc(C(F)(F)F)cc3C(=O)N(C)C2C1. The Balaban J connectivity index is 1.87. The van der Waals surface area contributed by atoms with Crippen LogP contribution in [-0.2, 0) is 6.18 Å². The number of carbonyl (C=O) groups is 2. The number of hydrogen-bond acceptors (Lipinski definition) is 3. The maximum Gasteiger partial charge on any atom is 0.416 e. The molecule has 1 aromatic carbocycles. The lowest BCUT2D eigenvalue weighted by Gasteiger charge is -2.25. The number of fused-ring (bicyclic) bond motifs is 2. The van der Waals surface area contributed by atoms with E-state index >= 15 is 0 Å². The minimum atomic E-state index is -4.55. The van der Waals surface area contributed by atoms with Gasteiger partial charge in [-0.25, -0.2) is 4.79 Å². The van der Waals surface area contributed by atoms with Crippen LogP contribution in [0.4, 0.5) is 18.0 Å². The Kier molecular flexibility index (Phi) is 4.55. The van der Waals surface area contributed by atoms with Crippen molar-refractivity contribution in [2.45, 2.75) is 18.3 Å². The molecule has 0 spiro atoms. The molecule has 140 valence electrons. The smallest absolute Gasteiger partial charge is 0.416 e. The van der Waals surface area contributed by atoms with Crippen molar-refractivity contribution in [1.29, 1.82) is 0 Å². The zero-order chi connectivity index (χ0) is 19.1. The van der Waals surface area contributed by atoms with Crippen LogP contribution in [0.3, 0.4) is 0 Å². The second kappa shape index (κ2) is 6.54. The summed E-state index contributed by atoms with van der Waals surface area (Å²) < 4.78 is 44.6. The van der Waals surface area contributed by atoms with Gasteiger partial charge in [0.05, 0.1) is 23.7 Å². The second-order valence-corrected chi connectivity index (χ2v) is 6.23. The van der Waals surface area contributed by atoms with E-state index in [0.29, 0.717) is 6.54 Å². The van der Waals surface area contributed by atoms with Crippen LogP contribution in [0.2, 0.25) is 0 Å². The van der Waals surface area contributed by atoms with E-state index in [1.54, 1.807) is 6.08 Å². The maximum atomic E-state index is 12.9. The summed E-state index contributed by atoms with van der Waals surface area (Å²) in [7, 11) is 1.50. The number of alkyl halides is 3. The van der Waals surface area contributed by atoms with Crippen molar-refractivity contribution in [1.82, 2.24) is 15.1 Å². The third-order valence-corrected chi connectivity index (χ3v) is 4.56. The van der Waals surface area contributed by atoms with Gasteiger partial charge in [-0.3, -0.25) is 4.79 Å². The maximum absolute atomic E-state index is 12.9. The fourth-order valence-electron chi connectivity index (χ4n) is 3.16. The van der Waals surface area contributed by atoms with Gasteiger partial charge < -0.3 is 19.9 Å². The highest BCUT2D eigenvalue weighted by molar-refractivity contribution is 5.97. The van der Waals surface area contributed by atoms with Gasteiger partial charge in [0.2, 0.25) is 0 Å². The molecule has 2 aliphatic heterocycles. The van der Waals surface area contributed by atoms with Crippen molar-refractivity contribution in [3.63, 3.8) is 0 Å². The van der Waals surface area contributed by atoms with Gasteiger partial charge in [-0.2, -0.15) is 13.2 Å². The van der Waals surface area contributed by atoms with Gasteiger partial charge in [0.1, 0.15) is 11.9 Å². The number of nitrogens with one attached hydrogen (secondary N) is 1. The summed E-state index contributed by atoms with van der Waals surface area (Å²) in [6.07, 6.45) is -3.51. The third kappa shape index (κ3) is 3.21. The molecule has 0 aromatic heterocycles. The number of ether oxygens (including phenoxy) is 1. The number of likely N-dealkylation sites (N-methyl/N-ethyl adjacent to an activating group) is 1. The van der Waals surface area contributed by atoms with Gasteiger partial charge in [0, 0.05) is 20.1 Å². The summed E-state index contributed by atoms with van der Waals surface area (Å²) >= 11 is 0. The number of hydrogen-bond donors (Lipinski definition) is 1. The lowest BCUT2D eigenvalue weighted by Crippen LogP contribution is -2.44. The number of benzene rings is 1. The van der Waals surface area contributed by atoms with Crippen LogP contribution in [0.25, 0.3) is 0 Å². The Morgan fingerprint density at radius 3 is 2.81 bits per heavy atom. The van der Waals surface area contributed by atoms with Crippen molar-refractivity contribution in [3.8, 4) is 5.75 Å². The average molecular weight is 369 g/mol. The summed E-state index contributed by atoms with van der Waals surface area (Å²) in [5, 5.41) is 2.65. The lowest BCUT2D eigenvalue weighted by molar-refractivity contribution is -0.137.